The van der Waals surface area contributed by atoms with Crippen LogP contribution in [0, 0.1) is 0 Å². The number of phenols is 2. The number of ether oxygens (including phenoxy) is 1. The molecule has 0 radical (unpaired) electrons. The molecule has 0 bridgehead atoms. The van der Waals surface area contributed by atoms with E-state index in [2.05, 4.69) is 24.0 Å². The average molecular weight is 357 g/mol. The van der Waals surface area contributed by atoms with Crippen LogP contribution in [-0.2, 0) is 6.54 Å². The second kappa shape index (κ2) is 10.6. The first-order valence-corrected chi connectivity index (χ1v) is 9.54. The average Bonchev–Trinajstić information content (AvgIpc) is 2.66. The zero-order chi connectivity index (χ0) is 18.8. The molecule has 26 heavy (non-hydrogen) atoms. The van der Waals surface area contributed by atoms with E-state index in [1.807, 2.05) is 18.2 Å². The monoisotopic (exact) mass is 357 g/mol. The molecule has 0 heterocycles. The summed E-state index contributed by atoms with van der Waals surface area (Å²) in [5.41, 5.74) is 2.11. The molecular formula is C22H31NO3. The number of nitrogens with zero attached hydrogens (tertiary/aromatic N) is 1. The van der Waals surface area contributed by atoms with Crippen LogP contribution in [0.1, 0.15) is 51.0 Å². The first-order valence-electron chi connectivity index (χ1n) is 9.54. The van der Waals surface area contributed by atoms with Gasteiger partial charge in [0.15, 0.2) is 11.5 Å². The number of methoxy groups -OCH3 is 1. The maximum atomic E-state index is 9.76. The van der Waals surface area contributed by atoms with Gasteiger partial charge in [-0.25, -0.2) is 0 Å². The molecule has 0 fully saturated rings. The molecule has 0 unspecified atom stereocenters. The lowest BCUT2D eigenvalue weighted by Crippen LogP contribution is -2.23. The maximum Gasteiger partial charge on any atom is 0.157 e. The molecule has 2 aromatic rings. The molecule has 2 N–H and O–H groups in total. The summed E-state index contributed by atoms with van der Waals surface area (Å²) < 4.78 is 5.25. The summed E-state index contributed by atoms with van der Waals surface area (Å²) in [6.07, 6.45) is 7.54. The van der Waals surface area contributed by atoms with Gasteiger partial charge in [-0.1, -0.05) is 45.1 Å². The normalized spacial score (nSPS) is 10.7. The summed E-state index contributed by atoms with van der Waals surface area (Å²) in [4.78, 5) is 2.31. The molecule has 0 atom stereocenters. The highest BCUT2D eigenvalue weighted by Crippen LogP contribution is 2.27. The molecule has 0 amide bonds. The Morgan fingerprint density at radius 1 is 0.846 bits per heavy atom. The lowest BCUT2D eigenvalue weighted by molar-refractivity contribution is 0.403. The molecule has 0 aromatic heterocycles. The van der Waals surface area contributed by atoms with Gasteiger partial charge in [0, 0.05) is 18.8 Å². The zero-order valence-electron chi connectivity index (χ0n) is 15.9. The number of phenolic OH excluding ortho intramolecular Hbond substituents is 2. The summed E-state index contributed by atoms with van der Waals surface area (Å²) in [5, 5.41) is 19.3. The van der Waals surface area contributed by atoms with Gasteiger partial charge in [0.05, 0.1) is 7.11 Å². The standard InChI is InChI=1S/C22H31NO3/c1-3-4-5-6-7-8-15-23(19-10-12-20(26-2)13-11-19)17-18-9-14-21(24)22(25)16-18/h9-14,16,24-25H,3-8,15,17H2,1-2H3. The van der Waals surface area contributed by atoms with E-state index < -0.39 is 0 Å². The van der Waals surface area contributed by atoms with Gasteiger partial charge in [-0.05, 0) is 48.4 Å². The number of hydrogen-bond donors (Lipinski definition) is 2. The molecular weight excluding hydrogens is 326 g/mol. The van der Waals surface area contributed by atoms with E-state index in [4.69, 9.17) is 4.74 Å². The van der Waals surface area contributed by atoms with Crippen LogP contribution in [0.2, 0.25) is 0 Å². The SMILES string of the molecule is CCCCCCCCN(Cc1ccc(O)c(O)c1)c1ccc(OC)cc1. The number of rotatable bonds is 11. The van der Waals surface area contributed by atoms with Crippen molar-refractivity contribution >= 4 is 5.69 Å². The van der Waals surface area contributed by atoms with Crippen LogP contribution in [0.5, 0.6) is 17.2 Å². The highest BCUT2D eigenvalue weighted by atomic mass is 16.5. The fourth-order valence-corrected chi connectivity index (χ4v) is 3.06. The summed E-state index contributed by atoms with van der Waals surface area (Å²) in [5.74, 6) is 0.688. The zero-order valence-corrected chi connectivity index (χ0v) is 15.9. The molecule has 142 valence electrons. The topological polar surface area (TPSA) is 52.9 Å². The Balaban J connectivity index is 2.03. The first-order chi connectivity index (χ1) is 12.6. The second-order valence-electron chi connectivity index (χ2n) is 6.71. The predicted molar refractivity (Wildman–Crippen MR) is 107 cm³/mol. The van der Waals surface area contributed by atoms with E-state index in [0.29, 0.717) is 6.54 Å². The molecule has 0 aliphatic carbocycles. The van der Waals surface area contributed by atoms with E-state index in [0.717, 1.165) is 30.0 Å². The Bertz CT molecular complexity index is 655. The summed E-state index contributed by atoms with van der Waals surface area (Å²) >= 11 is 0. The van der Waals surface area contributed by atoms with Crippen LogP contribution >= 0.6 is 0 Å². The molecule has 0 aliphatic heterocycles. The van der Waals surface area contributed by atoms with Gasteiger partial charge in [0.2, 0.25) is 0 Å². The van der Waals surface area contributed by atoms with Gasteiger partial charge in [-0.2, -0.15) is 0 Å². The molecule has 2 rings (SSSR count). The van der Waals surface area contributed by atoms with Crippen LogP contribution in [-0.4, -0.2) is 23.9 Å². The minimum absolute atomic E-state index is 0.0725. The number of aromatic hydroxyl groups is 2. The van der Waals surface area contributed by atoms with Crippen molar-refractivity contribution in [2.75, 3.05) is 18.6 Å². The molecule has 0 spiro atoms. The second-order valence-corrected chi connectivity index (χ2v) is 6.71. The summed E-state index contributed by atoms with van der Waals surface area (Å²) in [6.45, 7) is 3.88. The van der Waals surface area contributed by atoms with Crippen LogP contribution in [0.25, 0.3) is 0 Å². The maximum absolute atomic E-state index is 9.76. The number of anilines is 1. The van der Waals surface area contributed by atoms with Crippen LogP contribution in [0.15, 0.2) is 42.5 Å². The highest BCUT2D eigenvalue weighted by molar-refractivity contribution is 5.50. The Hall–Kier alpha value is -2.36. The van der Waals surface area contributed by atoms with E-state index in [1.54, 1.807) is 19.2 Å². The Labute approximate surface area is 157 Å². The predicted octanol–water partition coefficient (Wildman–Crippen LogP) is 5.47. The molecule has 0 saturated heterocycles. The third-order valence-electron chi connectivity index (χ3n) is 4.63. The number of hydrogen-bond acceptors (Lipinski definition) is 4. The molecule has 2 aromatic carbocycles. The third-order valence-corrected chi connectivity index (χ3v) is 4.63. The fraction of sp³-hybridized carbons (Fsp3) is 0.455. The van der Waals surface area contributed by atoms with Gasteiger partial charge >= 0.3 is 0 Å². The van der Waals surface area contributed by atoms with E-state index in [-0.39, 0.29) is 11.5 Å². The molecule has 4 nitrogen and oxygen atoms in total. The lowest BCUT2D eigenvalue weighted by Gasteiger charge is -2.25. The van der Waals surface area contributed by atoms with Crippen LogP contribution in [0.4, 0.5) is 5.69 Å². The third kappa shape index (κ3) is 6.17. The van der Waals surface area contributed by atoms with E-state index >= 15 is 0 Å². The highest BCUT2D eigenvalue weighted by Gasteiger charge is 2.10. The van der Waals surface area contributed by atoms with Crippen molar-refractivity contribution in [1.82, 2.24) is 0 Å². The van der Waals surface area contributed by atoms with Gasteiger partial charge in [-0.15, -0.1) is 0 Å². The number of benzene rings is 2. The van der Waals surface area contributed by atoms with Crippen molar-refractivity contribution in [3.05, 3.63) is 48.0 Å². The molecule has 0 saturated carbocycles. The summed E-state index contributed by atoms with van der Waals surface area (Å²) in [6, 6.07) is 13.1. The Morgan fingerprint density at radius 2 is 1.54 bits per heavy atom. The van der Waals surface area contributed by atoms with Crippen LogP contribution in [0.3, 0.4) is 0 Å². The van der Waals surface area contributed by atoms with Crippen molar-refractivity contribution < 1.29 is 14.9 Å². The fourth-order valence-electron chi connectivity index (χ4n) is 3.06. The van der Waals surface area contributed by atoms with Gasteiger partial charge in [0.25, 0.3) is 0 Å². The van der Waals surface area contributed by atoms with Crippen molar-refractivity contribution in [3.63, 3.8) is 0 Å². The lowest BCUT2D eigenvalue weighted by atomic mass is 10.1. The smallest absolute Gasteiger partial charge is 0.157 e. The Morgan fingerprint density at radius 3 is 2.19 bits per heavy atom. The van der Waals surface area contributed by atoms with Gasteiger partial charge < -0.3 is 19.8 Å². The largest absolute Gasteiger partial charge is 0.504 e. The Kier molecular flexibility index (Phi) is 8.13. The van der Waals surface area contributed by atoms with E-state index in [1.165, 1.54) is 32.1 Å². The number of unbranched alkanes of at least 4 members (excludes halogenated alkanes) is 5. The minimum atomic E-state index is -0.0827. The van der Waals surface area contributed by atoms with Crippen LogP contribution < -0.4 is 9.64 Å². The summed E-state index contributed by atoms with van der Waals surface area (Å²) in [7, 11) is 1.67. The minimum Gasteiger partial charge on any atom is -0.504 e. The van der Waals surface area contributed by atoms with Crippen molar-refractivity contribution in [1.29, 1.82) is 0 Å². The first kappa shape index (κ1) is 20.0. The van der Waals surface area contributed by atoms with Crippen molar-refractivity contribution in [3.8, 4) is 17.2 Å². The molecule has 4 heteroatoms. The van der Waals surface area contributed by atoms with Gasteiger partial charge in [0.1, 0.15) is 5.75 Å². The quantitative estimate of drug-likeness (QED) is 0.413. The van der Waals surface area contributed by atoms with Crippen molar-refractivity contribution in [2.45, 2.75) is 52.0 Å². The van der Waals surface area contributed by atoms with E-state index in [9.17, 15) is 10.2 Å². The van der Waals surface area contributed by atoms with Gasteiger partial charge in [-0.3, -0.25) is 0 Å². The molecule has 0 aliphatic rings. The van der Waals surface area contributed by atoms with Crippen molar-refractivity contribution in [2.24, 2.45) is 0 Å².